The van der Waals surface area contributed by atoms with Crippen LogP contribution < -0.4 is 0 Å². The first-order valence-electron chi connectivity index (χ1n) is 8.06. The summed E-state index contributed by atoms with van der Waals surface area (Å²) in [4.78, 5) is 12.7. The van der Waals surface area contributed by atoms with Crippen LogP contribution in [-0.4, -0.2) is 17.1 Å². The summed E-state index contributed by atoms with van der Waals surface area (Å²) in [6.45, 7) is 2.06. The number of alkyl halides is 1. The average molecular weight is 481 g/mol. The van der Waals surface area contributed by atoms with Crippen molar-refractivity contribution < 1.29 is 13.9 Å². The maximum atomic E-state index is 13.4. The summed E-state index contributed by atoms with van der Waals surface area (Å²) in [5, 5.41) is 0.434. The van der Waals surface area contributed by atoms with E-state index in [1.807, 2.05) is 34.9 Å². The maximum Gasteiger partial charge on any atom is 0.340 e. The molecule has 0 bridgehead atoms. The molecule has 0 saturated carbocycles. The molecule has 0 unspecified atom stereocenters. The molecule has 0 fully saturated rings. The van der Waals surface area contributed by atoms with Gasteiger partial charge in [0, 0.05) is 22.3 Å². The molecule has 3 rings (SSSR count). The first-order valence-corrected chi connectivity index (χ1v) is 9.97. The normalized spacial score (nSPS) is 10.8. The Hall–Kier alpha value is -1.92. The van der Waals surface area contributed by atoms with Gasteiger partial charge in [0.1, 0.15) is 5.82 Å². The van der Waals surface area contributed by atoms with Gasteiger partial charge in [-0.3, -0.25) is 0 Å². The Morgan fingerprint density at radius 1 is 1.12 bits per heavy atom. The second-order valence-corrected chi connectivity index (χ2v) is 6.83. The Kier molecular flexibility index (Phi) is 5.94. The molecule has 0 atom stereocenters. The number of hydrogen-bond acceptors (Lipinski definition) is 2. The first-order chi connectivity index (χ1) is 12.6. The van der Waals surface area contributed by atoms with E-state index in [9.17, 15) is 9.18 Å². The van der Waals surface area contributed by atoms with Gasteiger partial charge in [-0.25, -0.2) is 9.18 Å². The quantitative estimate of drug-likeness (QED) is 0.325. The summed E-state index contributed by atoms with van der Waals surface area (Å²) in [5.41, 5.74) is 3.63. The van der Waals surface area contributed by atoms with Crippen LogP contribution in [0.25, 0.3) is 16.8 Å². The molecule has 0 spiro atoms. The number of carbonyl (C=O) groups is 1. The predicted octanol–water partition coefficient (Wildman–Crippen LogP) is 6.12. The molecule has 1 aromatic heterocycles. The van der Waals surface area contributed by atoms with E-state index in [1.165, 1.54) is 12.1 Å². The molecule has 0 aliphatic heterocycles. The number of hydrogen-bond donors (Lipinski definition) is 0. The maximum absolute atomic E-state index is 13.4. The van der Waals surface area contributed by atoms with Crippen LogP contribution in [0, 0.1) is 5.82 Å². The van der Waals surface area contributed by atoms with E-state index in [0.717, 1.165) is 22.5 Å². The minimum atomic E-state index is -0.387. The van der Waals surface area contributed by atoms with E-state index >= 15 is 0 Å². The smallest absolute Gasteiger partial charge is 0.340 e. The highest BCUT2D eigenvalue weighted by Crippen LogP contribution is 2.39. The third-order valence-corrected chi connectivity index (χ3v) is 5.25. The van der Waals surface area contributed by atoms with E-state index in [4.69, 9.17) is 4.74 Å². The molecule has 134 valence electrons. The number of carbonyl (C=O) groups excluding carboxylic acids is 1. The van der Waals surface area contributed by atoms with Gasteiger partial charge in [-0.1, -0.05) is 46.3 Å². The molecule has 0 amide bonds. The largest absolute Gasteiger partial charge is 0.462 e. The number of rotatable bonds is 5. The van der Waals surface area contributed by atoms with Crippen molar-refractivity contribution in [2.24, 2.45) is 0 Å². The fourth-order valence-corrected chi connectivity index (χ4v) is 4.24. The van der Waals surface area contributed by atoms with Gasteiger partial charge in [-0.2, -0.15) is 0 Å². The molecule has 0 saturated heterocycles. The molecule has 2 aromatic carbocycles. The molecule has 26 heavy (non-hydrogen) atoms. The Labute approximate surface area is 168 Å². The van der Waals surface area contributed by atoms with Crippen molar-refractivity contribution in [3.8, 4) is 16.8 Å². The number of esters is 1. The van der Waals surface area contributed by atoms with Crippen LogP contribution in [0.15, 0.2) is 59.2 Å². The van der Waals surface area contributed by atoms with Gasteiger partial charge in [-0.05, 0) is 52.7 Å². The van der Waals surface area contributed by atoms with Crippen LogP contribution in [0.1, 0.15) is 23.0 Å². The summed E-state index contributed by atoms with van der Waals surface area (Å²) < 4.78 is 21.3. The van der Waals surface area contributed by atoms with Crippen molar-refractivity contribution in [2.75, 3.05) is 6.61 Å². The van der Waals surface area contributed by atoms with Crippen LogP contribution in [0.4, 0.5) is 4.39 Å². The highest BCUT2D eigenvalue weighted by Gasteiger charge is 2.28. The van der Waals surface area contributed by atoms with Crippen molar-refractivity contribution in [1.82, 2.24) is 4.57 Å². The molecular formula is C20H16Br2FNO2. The second-order valence-electron chi connectivity index (χ2n) is 5.52. The molecule has 0 aliphatic carbocycles. The number of halogens is 3. The lowest BCUT2D eigenvalue weighted by Gasteiger charge is -2.10. The molecule has 3 nitrogen and oxygen atoms in total. The van der Waals surface area contributed by atoms with E-state index < -0.39 is 0 Å². The number of benzene rings is 2. The average Bonchev–Trinajstić information content (AvgIpc) is 2.95. The van der Waals surface area contributed by atoms with Crippen molar-refractivity contribution in [3.05, 3.63) is 76.3 Å². The third-order valence-electron chi connectivity index (χ3n) is 3.96. The van der Waals surface area contributed by atoms with Crippen LogP contribution in [0.2, 0.25) is 0 Å². The Morgan fingerprint density at radius 2 is 1.77 bits per heavy atom. The Morgan fingerprint density at radius 3 is 2.35 bits per heavy atom. The minimum absolute atomic E-state index is 0.286. The van der Waals surface area contributed by atoms with Crippen molar-refractivity contribution in [2.45, 2.75) is 12.3 Å². The van der Waals surface area contributed by atoms with Crippen LogP contribution in [0.5, 0.6) is 0 Å². The van der Waals surface area contributed by atoms with E-state index in [0.29, 0.717) is 15.5 Å². The van der Waals surface area contributed by atoms with Gasteiger partial charge in [0.05, 0.1) is 16.8 Å². The monoisotopic (exact) mass is 479 g/mol. The molecule has 6 heteroatoms. The van der Waals surface area contributed by atoms with E-state index in [1.54, 1.807) is 19.1 Å². The van der Waals surface area contributed by atoms with Gasteiger partial charge >= 0.3 is 5.97 Å². The molecule has 0 radical (unpaired) electrons. The van der Waals surface area contributed by atoms with Crippen molar-refractivity contribution in [1.29, 1.82) is 0 Å². The van der Waals surface area contributed by atoms with E-state index in [2.05, 4.69) is 31.9 Å². The van der Waals surface area contributed by atoms with Gasteiger partial charge in [0.15, 0.2) is 0 Å². The van der Waals surface area contributed by atoms with Crippen LogP contribution in [0.3, 0.4) is 0 Å². The highest BCUT2D eigenvalue weighted by atomic mass is 79.9. The zero-order valence-electron chi connectivity index (χ0n) is 14.0. The number of nitrogens with zero attached hydrogens (tertiary/aromatic N) is 1. The van der Waals surface area contributed by atoms with Gasteiger partial charge in [-0.15, -0.1) is 0 Å². The molecule has 0 aliphatic rings. The lowest BCUT2D eigenvalue weighted by atomic mass is 10.0. The van der Waals surface area contributed by atoms with Gasteiger partial charge in [0.2, 0.25) is 0 Å². The van der Waals surface area contributed by atoms with Crippen LogP contribution in [-0.2, 0) is 10.1 Å². The minimum Gasteiger partial charge on any atom is -0.462 e. The Bertz CT molecular complexity index is 921. The fraction of sp³-hybridized carbons (Fsp3) is 0.150. The van der Waals surface area contributed by atoms with Crippen LogP contribution >= 0.6 is 31.9 Å². The van der Waals surface area contributed by atoms with Gasteiger partial charge in [0.25, 0.3) is 0 Å². The third kappa shape index (κ3) is 3.48. The van der Waals surface area contributed by atoms with Gasteiger partial charge < -0.3 is 9.30 Å². The summed E-state index contributed by atoms with van der Waals surface area (Å²) >= 11 is 7.13. The van der Waals surface area contributed by atoms with Crippen molar-refractivity contribution in [3.63, 3.8) is 0 Å². The summed E-state index contributed by atoms with van der Waals surface area (Å²) in [6.07, 6.45) is 0. The van der Waals surface area contributed by atoms with Crippen molar-refractivity contribution >= 4 is 37.8 Å². The highest BCUT2D eigenvalue weighted by molar-refractivity contribution is 9.10. The SMILES string of the molecule is CCOC(=O)c1c(-c2ccccc2)c(Br)n(-c2ccc(F)cc2)c1CBr. The molecule has 0 N–H and O–H groups in total. The topological polar surface area (TPSA) is 31.2 Å². The molecule has 1 heterocycles. The zero-order chi connectivity index (χ0) is 18.7. The lowest BCUT2D eigenvalue weighted by molar-refractivity contribution is 0.0526. The predicted molar refractivity (Wildman–Crippen MR) is 107 cm³/mol. The Balaban J connectivity index is 2.32. The summed E-state index contributed by atoms with van der Waals surface area (Å²) in [6, 6.07) is 15.8. The molecular weight excluding hydrogens is 465 g/mol. The number of ether oxygens (including phenoxy) is 1. The standard InChI is InChI=1S/C20H16Br2FNO2/c1-2-26-20(25)18-16(12-21)24(15-10-8-14(23)9-11-15)19(22)17(18)13-6-4-3-5-7-13/h3-11H,2,12H2,1H3. The summed E-state index contributed by atoms with van der Waals surface area (Å²) in [5.74, 6) is -0.700. The second kappa shape index (κ2) is 8.18. The molecule has 3 aromatic rings. The number of aromatic nitrogens is 1. The fourth-order valence-electron chi connectivity index (χ4n) is 2.87. The lowest BCUT2D eigenvalue weighted by Crippen LogP contribution is -2.09. The first kappa shape index (κ1) is 18.9. The van der Waals surface area contributed by atoms with E-state index in [-0.39, 0.29) is 18.4 Å². The summed E-state index contributed by atoms with van der Waals surface area (Å²) in [7, 11) is 0. The zero-order valence-corrected chi connectivity index (χ0v) is 17.2.